The molecule has 0 radical (unpaired) electrons. The molecular formula is C25H26N6. The van der Waals surface area contributed by atoms with Gasteiger partial charge in [0.1, 0.15) is 0 Å². The zero-order chi connectivity index (χ0) is 21.2. The highest BCUT2D eigenvalue weighted by Gasteiger charge is 2.20. The van der Waals surface area contributed by atoms with Crippen molar-refractivity contribution < 1.29 is 0 Å². The van der Waals surface area contributed by atoms with Gasteiger partial charge in [0.15, 0.2) is 0 Å². The Balaban J connectivity index is 1.35. The van der Waals surface area contributed by atoms with Crippen LogP contribution in [0.5, 0.6) is 0 Å². The predicted molar refractivity (Wildman–Crippen MR) is 125 cm³/mol. The molecule has 0 unspecified atom stereocenters. The van der Waals surface area contributed by atoms with Gasteiger partial charge in [0.2, 0.25) is 5.95 Å². The first-order chi connectivity index (χ1) is 15.2. The van der Waals surface area contributed by atoms with E-state index in [1.807, 2.05) is 23.9 Å². The standard InChI is InChI=1S/C25H26N6/c1-19-8-10-22(11-9-19)31-18-23(20(2)28-31)24-12-13-26-25(27-24)30-16-14-29(15-17-30)21-6-4-3-5-7-21/h3-13,18H,14-17H2,1-2H3. The van der Waals surface area contributed by atoms with Crippen molar-refractivity contribution in [3.63, 3.8) is 0 Å². The third kappa shape index (κ3) is 4.01. The molecule has 0 bridgehead atoms. The Morgan fingerprint density at radius 3 is 2.19 bits per heavy atom. The summed E-state index contributed by atoms with van der Waals surface area (Å²) in [5, 5.41) is 4.71. The Morgan fingerprint density at radius 1 is 0.742 bits per heavy atom. The zero-order valence-corrected chi connectivity index (χ0v) is 17.9. The monoisotopic (exact) mass is 410 g/mol. The fourth-order valence-corrected chi connectivity index (χ4v) is 4.00. The number of hydrogen-bond acceptors (Lipinski definition) is 5. The van der Waals surface area contributed by atoms with E-state index in [9.17, 15) is 0 Å². The topological polar surface area (TPSA) is 50.1 Å². The molecule has 0 aliphatic carbocycles. The number of aryl methyl sites for hydroxylation is 2. The van der Waals surface area contributed by atoms with Crippen molar-refractivity contribution in [2.75, 3.05) is 36.0 Å². The van der Waals surface area contributed by atoms with E-state index < -0.39 is 0 Å². The Labute approximate surface area is 182 Å². The number of nitrogens with zero attached hydrogens (tertiary/aromatic N) is 6. The Bertz CT molecular complexity index is 1160. The van der Waals surface area contributed by atoms with Crippen molar-refractivity contribution >= 4 is 11.6 Å². The summed E-state index contributed by atoms with van der Waals surface area (Å²) in [6.45, 7) is 7.84. The smallest absolute Gasteiger partial charge is 0.225 e. The summed E-state index contributed by atoms with van der Waals surface area (Å²) in [5.74, 6) is 0.785. The van der Waals surface area contributed by atoms with Crippen LogP contribution < -0.4 is 9.80 Å². The van der Waals surface area contributed by atoms with Gasteiger partial charge in [0, 0.05) is 49.8 Å². The van der Waals surface area contributed by atoms with Gasteiger partial charge in [-0.1, -0.05) is 35.9 Å². The summed E-state index contributed by atoms with van der Waals surface area (Å²) >= 11 is 0. The lowest BCUT2D eigenvalue weighted by atomic mass is 10.2. The van der Waals surface area contributed by atoms with Gasteiger partial charge in [-0.2, -0.15) is 5.10 Å². The van der Waals surface area contributed by atoms with Crippen molar-refractivity contribution in [3.05, 3.63) is 84.3 Å². The number of para-hydroxylation sites is 1. The summed E-state index contributed by atoms with van der Waals surface area (Å²) in [5.41, 5.74) is 6.46. The number of hydrogen-bond donors (Lipinski definition) is 0. The highest BCUT2D eigenvalue weighted by atomic mass is 15.3. The molecule has 0 amide bonds. The average molecular weight is 411 g/mol. The van der Waals surface area contributed by atoms with Gasteiger partial charge in [-0.3, -0.25) is 0 Å². The molecule has 6 nitrogen and oxygen atoms in total. The van der Waals surface area contributed by atoms with E-state index in [0.29, 0.717) is 0 Å². The van der Waals surface area contributed by atoms with Gasteiger partial charge in [0.05, 0.1) is 17.1 Å². The van der Waals surface area contributed by atoms with Crippen LogP contribution >= 0.6 is 0 Å². The molecular weight excluding hydrogens is 384 g/mol. The zero-order valence-electron chi connectivity index (χ0n) is 17.9. The maximum Gasteiger partial charge on any atom is 0.225 e. The third-order valence-corrected chi connectivity index (χ3v) is 5.80. The molecule has 1 saturated heterocycles. The molecule has 156 valence electrons. The van der Waals surface area contributed by atoms with Crippen molar-refractivity contribution in [3.8, 4) is 16.9 Å². The molecule has 0 spiro atoms. The van der Waals surface area contributed by atoms with Crippen molar-refractivity contribution in [1.29, 1.82) is 0 Å². The van der Waals surface area contributed by atoms with E-state index in [4.69, 9.17) is 10.1 Å². The quantitative estimate of drug-likeness (QED) is 0.503. The number of piperazine rings is 1. The van der Waals surface area contributed by atoms with Gasteiger partial charge >= 0.3 is 0 Å². The fourth-order valence-electron chi connectivity index (χ4n) is 4.00. The van der Waals surface area contributed by atoms with Gasteiger partial charge in [-0.15, -0.1) is 0 Å². The van der Waals surface area contributed by atoms with Crippen LogP contribution in [0, 0.1) is 13.8 Å². The van der Waals surface area contributed by atoms with Crippen molar-refractivity contribution in [2.24, 2.45) is 0 Å². The van der Waals surface area contributed by atoms with E-state index in [2.05, 4.69) is 82.5 Å². The molecule has 3 heterocycles. The second-order valence-electron chi connectivity index (χ2n) is 7.96. The van der Waals surface area contributed by atoms with E-state index in [1.54, 1.807) is 0 Å². The lowest BCUT2D eigenvalue weighted by Gasteiger charge is -2.36. The summed E-state index contributed by atoms with van der Waals surface area (Å²) < 4.78 is 1.92. The first-order valence-corrected chi connectivity index (χ1v) is 10.7. The second kappa shape index (κ2) is 8.22. The van der Waals surface area contributed by atoms with Crippen molar-refractivity contribution in [2.45, 2.75) is 13.8 Å². The number of aromatic nitrogens is 4. The Morgan fingerprint density at radius 2 is 1.45 bits per heavy atom. The SMILES string of the molecule is Cc1ccc(-n2cc(-c3ccnc(N4CCN(c5ccccc5)CC4)n3)c(C)n2)cc1. The molecule has 0 atom stereocenters. The van der Waals surface area contributed by atoms with Gasteiger partial charge in [0.25, 0.3) is 0 Å². The maximum absolute atomic E-state index is 4.89. The molecule has 0 saturated carbocycles. The minimum absolute atomic E-state index is 0.785. The average Bonchev–Trinajstić information content (AvgIpc) is 3.22. The lowest BCUT2D eigenvalue weighted by molar-refractivity contribution is 0.640. The van der Waals surface area contributed by atoms with Crippen LogP contribution in [0.1, 0.15) is 11.3 Å². The highest BCUT2D eigenvalue weighted by molar-refractivity contribution is 5.63. The lowest BCUT2D eigenvalue weighted by Crippen LogP contribution is -2.47. The Kier molecular flexibility index (Phi) is 5.12. The van der Waals surface area contributed by atoms with E-state index in [0.717, 1.165) is 54.8 Å². The first-order valence-electron chi connectivity index (χ1n) is 10.7. The molecule has 1 fully saturated rings. The highest BCUT2D eigenvalue weighted by Crippen LogP contribution is 2.25. The normalized spacial score (nSPS) is 14.1. The molecule has 4 aromatic rings. The van der Waals surface area contributed by atoms with Crippen LogP contribution in [0.4, 0.5) is 11.6 Å². The molecule has 1 aliphatic heterocycles. The summed E-state index contributed by atoms with van der Waals surface area (Å²) in [7, 11) is 0. The number of rotatable bonds is 4. The number of benzene rings is 2. The van der Waals surface area contributed by atoms with Crippen LogP contribution in [-0.4, -0.2) is 45.9 Å². The molecule has 5 rings (SSSR count). The molecule has 0 N–H and O–H groups in total. The van der Waals surface area contributed by atoms with Crippen LogP contribution in [0.15, 0.2) is 73.1 Å². The van der Waals surface area contributed by atoms with Crippen molar-refractivity contribution in [1.82, 2.24) is 19.7 Å². The fraction of sp³-hybridized carbons (Fsp3) is 0.240. The number of anilines is 2. The largest absolute Gasteiger partial charge is 0.368 e. The van der Waals surface area contributed by atoms with E-state index in [-0.39, 0.29) is 0 Å². The maximum atomic E-state index is 4.89. The van der Waals surface area contributed by atoms with Gasteiger partial charge in [-0.25, -0.2) is 14.6 Å². The Hall–Kier alpha value is -3.67. The van der Waals surface area contributed by atoms with Crippen LogP contribution in [0.3, 0.4) is 0 Å². The summed E-state index contributed by atoms with van der Waals surface area (Å²) in [4.78, 5) is 14.1. The van der Waals surface area contributed by atoms with Gasteiger partial charge in [-0.05, 0) is 44.2 Å². The van der Waals surface area contributed by atoms with Crippen LogP contribution in [-0.2, 0) is 0 Å². The molecule has 6 heteroatoms. The second-order valence-corrected chi connectivity index (χ2v) is 7.96. The van der Waals surface area contributed by atoms with Crippen LogP contribution in [0.2, 0.25) is 0 Å². The molecule has 2 aromatic carbocycles. The summed E-state index contributed by atoms with van der Waals surface area (Å²) in [6, 6.07) is 20.9. The third-order valence-electron chi connectivity index (χ3n) is 5.80. The first kappa shape index (κ1) is 19.3. The summed E-state index contributed by atoms with van der Waals surface area (Å²) in [6.07, 6.45) is 3.91. The predicted octanol–water partition coefficient (Wildman–Crippen LogP) is 4.27. The van der Waals surface area contributed by atoms with Crippen LogP contribution in [0.25, 0.3) is 16.9 Å². The minimum atomic E-state index is 0.785. The molecule has 31 heavy (non-hydrogen) atoms. The molecule has 2 aromatic heterocycles. The van der Waals surface area contributed by atoms with E-state index >= 15 is 0 Å². The minimum Gasteiger partial charge on any atom is -0.368 e. The van der Waals surface area contributed by atoms with E-state index in [1.165, 1.54) is 11.3 Å². The van der Waals surface area contributed by atoms with Gasteiger partial charge < -0.3 is 9.80 Å². The molecule has 1 aliphatic rings.